The molecule has 0 aliphatic carbocycles. The van der Waals surface area contributed by atoms with Crippen LogP contribution in [-0.4, -0.2) is 40.7 Å². The zero-order chi connectivity index (χ0) is 15.8. The molecule has 0 aliphatic heterocycles. The molecule has 1 heterocycles. The number of rotatable bonds is 4. The molecule has 8 nitrogen and oxygen atoms in total. The summed E-state index contributed by atoms with van der Waals surface area (Å²) in [5.74, 6) is -0.637. The Hall–Kier alpha value is -0.1000. The van der Waals surface area contributed by atoms with Crippen LogP contribution in [0.3, 0.4) is 0 Å². The van der Waals surface area contributed by atoms with E-state index in [0.717, 1.165) is 0 Å². The Morgan fingerprint density at radius 2 is 1.71 bits per heavy atom. The first-order valence-electron chi connectivity index (χ1n) is 6.22. The molecule has 0 atom stereocenters. The molecule has 0 radical (unpaired) electrons. The van der Waals surface area contributed by atoms with Gasteiger partial charge in [-0.05, 0) is 19.1 Å². The minimum atomic E-state index is -4.20. The maximum atomic E-state index is 12.6. The van der Waals surface area contributed by atoms with E-state index < -0.39 is 16.0 Å². The minimum Gasteiger partial charge on any atom is -1.00 e. The summed E-state index contributed by atoms with van der Waals surface area (Å²) in [6.07, 6.45) is 0. The molecule has 11 heteroatoms. The Balaban J connectivity index is -0.000000484. The normalized spacial score (nSPS) is 10.2. The van der Waals surface area contributed by atoms with Crippen LogP contribution in [0.25, 0.3) is 5.69 Å². The second-order valence-corrected chi connectivity index (χ2v) is 6.24. The summed E-state index contributed by atoms with van der Waals surface area (Å²) in [6.45, 7) is 1.72. The second kappa shape index (κ2) is 10.1. The van der Waals surface area contributed by atoms with E-state index in [4.69, 9.17) is 4.55 Å². The second-order valence-electron chi connectivity index (χ2n) is 4.82. The van der Waals surface area contributed by atoms with Gasteiger partial charge in [-0.1, -0.05) is 18.2 Å². The number of aromatic nitrogens is 2. The monoisotopic (exact) mass is 377 g/mol. The van der Waals surface area contributed by atoms with Crippen molar-refractivity contribution in [2.24, 2.45) is 7.05 Å². The Morgan fingerprint density at radius 3 is 2.17 bits per heavy atom. The number of hydrogen-bond acceptors (Lipinski definition) is 4. The van der Waals surface area contributed by atoms with Crippen LogP contribution in [0.15, 0.2) is 35.1 Å². The van der Waals surface area contributed by atoms with Crippen molar-refractivity contribution >= 4 is 15.8 Å². The fourth-order valence-electron chi connectivity index (χ4n) is 2.30. The van der Waals surface area contributed by atoms with Gasteiger partial charge in [0.05, 0.1) is 11.4 Å². The predicted molar refractivity (Wildman–Crippen MR) is 86.4 cm³/mol. The molecule has 0 bridgehead atoms. The van der Waals surface area contributed by atoms with E-state index in [1.807, 2.05) is 18.2 Å². The Bertz CT molecular complexity index is 828. The number of hydrogen-bond donors (Lipinski definition) is 1. The van der Waals surface area contributed by atoms with Gasteiger partial charge in [0.2, 0.25) is 0 Å². The standard InChI is InChI=1S/C13H17N3O4S.2Na.H2O.2H/c1-10-12(14(2)9-21(18,19)20)13(17)16(15(10)3)11-7-5-4-6-8-11;;;;;/h4-8H,9H2,1-3H3,(H,18,19,20);;;1H2;;/q;2*+1;;2*-1. The van der Waals surface area contributed by atoms with E-state index in [2.05, 4.69) is 0 Å². The topological polar surface area (TPSA) is 116 Å². The molecular formula is C13H21N3Na2O5S. The zero-order valence-corrected chi connectivity index (χ0v) is 19.3. The Morgan fingerprint density at radius 1 is 1.21 bits per heavy atom. The SMILES string of the molecule is Cc1c(N(C)CS(=O)(=O)O)c(=O)n(-c2ccccc2)n1C.O.[H-].[H-].[Na+].[Na+]. The van der Waals surface area contributed by atoms with Gasteiger partial charge in [-0.3, -0.25) is 14.0 Å². The molecule has 2 rings (SSSR count). The number of benzene rings is 1. The Kier molecular flexibility index (Phi) is 11.0. The van der Waals surface area contributed by atoms with E-state index in [0.29, 0.717) is 11.4 Å². The van der Waals surface area contributed by atoms with E-state index >= 15 is 0 Å². The van der Waals surface area contributed by atoms with Gasteiger partial charge in [0, 0.05) is 14.1 Å². The molecule has 0 aliphatic rings. The van der Waals surface area contributed by atoms with Crippen molar-refractivity contribution < 1.29 is 80.4 Å². The average Bonchev–Trinajstić information content (AvgIpc) is 2.59. The minimum absolute atomic E-state index is 0. The van der Waals surface area contributed by atoms with Gasteiger partial charge in [-0.2, -0.15) is 8.42 Å². The molecule has 0 saturated carbocycles. The third kappa shape index (κ3) is 5.72. The fourth-order valence-corrected chi connectivity index (χ4v) is 2.92. The summed E-state index contributed by atoms with van der Waals surface area (Å²) in [5, 5.41) is 0. The molecule has 0 fully saturated rings. The van der Waals surface area contributed by atoms with E-state index in [-0.39, 0.29) is 78.7 Å². The molecule has 0 unspecified atom stereocenters. The molecule has 3 N–H and O–H groups in total. The molecule has 0 saturated heterocycles. The van der Waals surface area contributed by atoms with Crippen molar-refractivity contribution in [1.82, 2.24) is 9.36 Å². The summed E-state index contributed by atoms with van der Waals surface area (Å²) in [4.78, 5) is 13.8. The summed E-state index contributed by atoms with van der Waals surface area (Å²) in [6, 6.07) is 9.04. The molecule has 1 aromatic carbocycles. The Labute approximate surface area is 188 Å². The average molecular weight is 377 g/mol. The van der Waals surface area contributed by atoms with Crippen LogP contribution in [0, 0.1) is 6.92 Å². The largest absolute Gasteiger partial charge is 1.00 e. The first-order chi connectivity index (χ1) is 9.72. The van der Waals surface area contributed by atoms with Gasteiger partial charge >= 0.3 is 59.1 Å². The maximum absolute atomic E-state index is 12.6. The summed E-state index contributed by atoms with van der Waals surface area (Å²) in [7, 11) is -1.04. The van der Waals surface area contributed by atoms with Crippen molar-refractivity contribution in [3.8, 4) is 5.69 Å². The van der Waals surface area contributed by atoms with Gasteiger partial charge < -0.3 is 13.2 Å². The van der Waals surface area contributed by atoms with Gasteiger partial charge in [0.1, 0.15) is 11.6 Å². The van der Waals surface area contributed by atoms with Crippen LogP contribution in [0.1, 0.15) is 8.55 Å². The summed E-state index contributed by atoms with van der Waals surface area (Å²) in [5.41, 5.74) is 1.18. The van der Waals surface area contributed by atoms with E-state index in [9.17, 15) is 13.2 Å². The number of anilines is 1. The van der Waals surface area contributed by atoms with Gasteiger partial charge in [0.15, 0.2) is 0 Å². The third-order valence-electron chi connectivity index (χ3n) is 3.26. The van der Waals surface area contributed by atoms with Gasteiger partial charge in [-0.25, -0.2) is 4.68 Å². The zero-order valence-electron chi connectivity index (χ0n) is 16.5. The van der Waals surface area contributed by atoms with Crippen LogP contribution in [-0.2, 0) is 17.2 Å². The van der Waals surface area contributed by atoms with Crippen molar-refractivity contribution in [2.75, 3.05) is 17.8 Å². The van der Waals surface area contributed by atoms with Gasteiger partial charge in [0.25, 0.3) is 15.7 Å². The van der Waals surface area contributed by atoms with E-state index in [1.165, 1.54) is 16.6 Å². The summed E-state index contributed by atoms with van der Waals surface area (Å²) >= 11 is 0. The maximum Gasteiger partial charge on any atom is 1.00 e. The quantitative estimate of drug-likeness (QED) is 0.421. The molecule has 0 spiro atoms. The predicted octanol–water partition coefficient (Wildman–Crippen LogP) is -5.83. The number of nitrogens with zero attached hydrogens (tertiary/aromatic N) is 3. The van der Waals surface area contributed by atoms with Crippen LogP contribution in [0.2, 0.25) is 0 Å². The van der Waals surface area contributed by atoms with Crippen molar-refractivity contribution in [2.45, 2.75) is 6.92 Å². The smallest absolute Gasteiger partial charge is 1.00 e. The number of para-hydroxylation sites is 1. The molecule has 1 aromatic heterocycles. The van der Waals surface area contributed by atoms with Crippen molar-refractivity contribution in [1.29, 1.82) is 0 Å². The van der Waals surface area contributed by atoms with Crippen LogP contribution >= 0.6 is 0 Å². The van der Waals surface area contributed by atoms with Crippen molar-refractivity contribution in [3.63, 3.8) is 0 Å². The van der Waals surface area contributed by atoms with Gasteiger partial charge in [-0.15, -0.1) is 0 Å². The fraction of sp³-hybridized carbons (Fsp3) is 0.308. The van der Waals surface area contributed by atoms with Crippen molar-refractivity contribution in [3.05, 3.63) is 46.4 Å². The van der Waals surface area contributed by atoms with E-state index in [1.54, 1.807) is 30.8 Å². The molecular weight excluding hydrogens is 356 g/mol. The first kappa shape index (κ1) is 26.1. The van der Waals surface area contributed by atoms with Crippen LogP contribution < -0.4 is 69.6 Å². The third-order valence-corrected chi connectivity index (χ3v) is 3.98. The first-order valence-corrected chi connectivity index (χ1v) is 7.83. The molecule has 126 valence electrons. The molecule has 0 amide bonds. The molecule has 24 heavy (non-hydrogen) atoms. The molecule has 2 aromatic rings. The van der Waals surface area contributed by atoms with Crippen LogP contribution in [0.4, 0.5) is 5.69 Å². The summed E-state index contributed by atoms with van der Waals surface area (Å²) < 4.78 is 34.0. The van der Waals surface area contributed by atoms with Crippen LogP contribution in [0.5, 0.6) is 0 Å².